The fourth-order valence-electron chi connectivity index (χ4n) is 0.780. The molecule has 0 rings (SSSR count). The van der Waals surface area contributed by atoms with Crippen LogP contribution >= 0.6 is 0 Å². The van der Waals surface area contributed by atoms with Crippen molar-refractivity contribution in [2.24, 2.45) is 0 Å². The Labute approximate surface area is 112 Å². The molecule has 0 fully saturated rings. The van der Waals surface area contributed by atoms with Crippen LogP contribution in [0.2, 0.25) is 0 Å². The molecule has 52 valence electrons. The Morgan fingerprint density at radius 1 is 1.00 bits per heavy atom. The normalized spacial score (nSPS) is 7.80. The summed E-state index contributed by atoms with van der Waals surface area (Å²) in [5.74, 6) is 0. The van der Waals surface area contributed by atoms with E-state index >= 15 is 0 Å². The summed E-state index contributed by atoms with van der Waals surface area (Å²) in [6.45, 7) is 6.02. The number of hydrogen-bond donors (Lipinski definition) is 0. The average molecular weight is 160 g/mol. The predicted molar refractivity (Wildman–Crippen MR) is 39.8 cm³/mol. The van der Waals surface area contributed by atoms with Gasteiger partial charge in [-0.3, -0.25) is 0 Å². The van der Waals surface area contributed by atoms with Gasteiger partial charge in [0.2, 0.25) is 0 Å². The first kappa shape index (κ1) is 17.9. The van der Waals surface area contributed by atoms with Gasteiger partial charge in [-0.25, -0.2) is 0 Å². The van der Waals surface area contributed by atoms with Crippen LogP contribution in [0.4, 0.5) is 0 Å². The van der Waals surface area contributed by atoms with Crippen LogP contribution < -0.4 is 59.1 Å². The monoisotopic (exact) mass is 160 g/mol. The van der Waals surface area contributed by atoms with Crippen molar-refractivity contribution < 1.29 is 60.5 Å². The molecule has 0 aromatic heterocycles. The van der Waals surface area contributed by atoms with Crippen molar-refractivity contribution in [1.82, 2.24) is 0 Å². The first-order valence-electron chi connectivity index (χ1n) is 3.71. The van der Waals surface area contributed by atoms with Crippen molar-refractivity contribution in [2.75, 3.05) is 0 Å². The average Bonchev–Trinajstić information content (AvgIpc) is 1.81. The van der Waals surface area contributed by atoms with Crippen LogP contribution in [0.5, 0.6) is 0 Å². The van der Waals surface area contributed by atoms with Gasteiger partial charge in [0.1, 0.15) is 0 Å². The third kappa shape index (κ3) is 16.5. The maximum absolute atomic E-state index is 3.78. The molecule has 0 atom stereocenters. The molecule has 2 heteroatoms. The van der Waals surface area contributed by atoms with Crippen molar-refractivity contribution in [3.05, 3.63) is 6.92 Å². The maximum Gasteiger partial charge on any atom is 1.00 e. The van der Waals surface area contributed by atoms with E-state index in [2.05, 4.69) is 13.8 Å². The Bertz CT molecular complexity index is 37.1. The van der Waals surface area contributed by atoms with Gasteiger partial charge in [-0.2, -0.15) is 6.42 Å². The molecule has 0 spiro atoms. The summed E-state index contributed by atoms with van der Waals surface area (Å²) < 4.78 is 0. The van der Waals surface area contributed by atoms with Crippen molar-refractivity contribution in [3.8, 4) is 0 Å². The van der Waals surface area contributed by atoms with Gasteiger partial charge >= 0.3 is 59.1 Å². The summed E-state index contributed by atoms with van der Waals surface area (Å²) in [6.07, 6.45) is 7.98. The Hall–Kier alpha value is 2.00. The van der Waals surface area contributed by atoms with E-state index in [1.807, 2.05) is 0 Å². The van der Waals surface area contributed by atoms with Gasteiger partial charge in [-0.1, -0.05) is 39.0 Å². The summed E-state index contributed by atoms with van der Waals surface area (Å²) in [5.41, 5.74) is 0. The minimum absolute atomic E-state index is 0. The summed E-state index contributed by atoms with van der Waals surface area (Å²) in [6, 6.07) is 0. The van der Waals surface area contributed by atoms with Crippen molar-refractivity contribution in [3.63, 3.8) is 0 Å². The van der Waals surface area contributed by atoms with E-state index in [1.165, 1.54) is 32.1 Å². The van der Waals surface area contributed by atoms with Crippen LogP contribution in [-0.4, -0.2) is 0 Å². The largest absolute Gasteiger partial charge is 1.00 e. The maximum atomic E-state index is 3.78. The fourth-order valence-corrected chi connectivity index (χ4v) is 0.780. The molecule has 0 saturated heterocycles. The standard InChI is InChI=1S/C8H17.2Na.H/c1-3-5-7-8-6-4-2;;;/h1,3-8H2,2H3;;;/q-1;2*+1;-1. The zero-order valence-corrected chi connectivity index (χ0v) is 11.9. The third-order valence-electron chi connectivity index (χ3n) is 1.35. The third-order valence-corrected chi connectivity index (χ3v) is 1.35. The second-order valence-electron chi connectivity index (χ2n) is 2.27. The van der Waals surface area contributed by atoms with Crippen LogP contribution in [0.25, 0.3) is 0 Å². The summed E-state index contributed by atoms with van der Waals surface area (Å²) >= 11 is 0. The van der Waals surface area contributed by atoms with E-state index in [-0.39, 0.29) is 60.5 Å². The minimum Gasteiger partial charge on any atom is -1.00 e. The zero-order valence-electron chi connectivity index (χ0n) is 8.95. The Kier molecular flexibility index (Phi) is 30.8. The van der Waals surface area contributed by atoms with E-state index in [1.54, 1.807) is 0 Å². The van der Waals surface area contributed by atoms with Crippen LogP contribution in [-0.2, 0) is 0 Å². The SMILES string of the molecule is [CH2-]CCCCCCC.[H-].[Na+].[Na+]. The quantitative estimate of drug-likeness (QED) is 0.233. The smallest absolute Gasteiger partial charge is 1.00 e. The molecule has 10 heavy (non-hydrogen) atoms. The van der Waals surface area contributed by atoms with Crippen LogP contribution in [0.3, 0.4) is 0 Å². The topological polar surface area (TPSA) is 0 Å². The van der Waals surface area contributed by atoms with Crippen molar-refractivity contribution in [1.29, 1.82) is 0 Å². The van der Waals surface area contributed by atoms with Gasteiger partial charge in [-0.05, 0) is 0 Å². The van der Waals surface area contributed by atoms with Crippen LogP contribution in [0.1, 0.15) is 46.9 Å². The minimum atomic E-state index is 0. The molecule has 0 N–H and O–H groups in total. The van der Waals surface area contributed by atoms with Gasteiger partial charge in [0.25, 0.3) is 0 Å². The van der Waals surface area contributed by atoms with Gasteiger partial charge in [-0.15, -0.1) is 0 Å². The van der Waals surface area contributed by atoms with Crippen molar-refractivity contribution >= 4 is 0 Å². The zero-order chi connectivity index (χ0) is 6.24. The number of hydrogen-bond acceptors (Lipinski definition) is 0. The van der Waals surface area contributed by atoms with E-state index in [0.29, 0.717) is 0 Å². The molecule has 0 saturated carbocycles. The molecule has 0 heterocycles. The summed E-state index contributed by atoms with van der Waals surface area (Å²) in [7, 11) is 0. The molecule has 0 nitrogen and oxygen atoms in total. The predicted octanol–water partition coefficient (Wildman–Crippen LogP) is -2.70. The van der Waals surface area contributed by atoms with Gasteiger partial charge in [0, 0.05) is 0 Å². The fraction of sp³-hybridized carbons (Fsp3) is 0.875. The van der Waals surface area contributed by atoms with Crippen LogP contribution in [0.15, 0.2) is 0 Å². The molecular formula is C8H18Na2. The van der Waals surface area contributed by atoms with Crippen molar-refractivity contribution in [2.45, 2.75) is 45.4 Å². The summed E-state index contributed by atoms with van der Waals surface area (Å²) in [5, 5.41) is 0. The molecule has 0 aliphatic heterocycles. The molecule has 0 aliphatic rings. The molecular weight excluding hydrogens is 142 g/mol. The number of unbranched alkanes of at least 4 members (excludes halogenated alkanes) is 5. The van der Waals surface area contributed by atoms with Gasteiger partial charge < -0.3 is 8.35 Å². The Morgan fingerprint density at radius 2 is 1.50 bits per heavy atom. The first-order valence-corrected chi connectivity index (χ1v) is 3.71. The molecule has 0 aromatic carbocycles. The van der Waals surface area contributed by atoms with E-state index in [0.717, 1.165) is 6.42 Å². The van der Waals surface area contributed by atoms with E-state index < -0.39 is 0 Å². The van der Waals surface area contributed by atoms with Crippen LogP contribution in [0, 0.1) is 6.92 Å². The first-order chi connectivity index (χ1) is 3.91. The van der Waals surface area contributed by atoms with Gasteiger partial charge in [0.05, 0.1) is 0 Å². The second-order valence-corrected chi connectivity index (χ2v) is 2.27. The summed E-state index contributed by atoms with van der Waals surface area (Å²) in [4.78, 5) is 0. The molecule has 0 radical (unpaired) electrons. The van der Waals surface area contributed by atoms with Gasteiger partial charge in [0.15, 0.2) is 0 Å². The Morgan fingerprint density at radius 3 is 1.90 bits per heavy atom. The molecule has 0 unspecified atom stereocenters. The van der Waals surface area contributed by atoms with E-state index in [4.69, 9.17) is 0 Å². The molecule has 0 bridgehead atoms. The van der Waals surface area contributed by atoms with E-state index in [9.17, 15) is 0 Å². The molecule has 0 aromatic rings. The molecule has 0 aliphatic carbocycles. The molecule has 0 amide bonds. The second kappa shape index (κ2) is 17.2. The Balaban J connectivity index is -0.0000000817. The number of rotatable bonds is 5.